The van der Waals surface area contributed by atoms with Gasteiger partial charge in [-0.15, -0.1) is 0 Å². The average Bonchev–Trinajstić information content (AvgIpc) is 3.03. The minimum absolute atomic E-state index is 0.0398. The van der Waals surface area contributed by atoms with E-state index in [1.54, 1.807) is 0 Å². The molecule has 8 heteroatoms. The molecule has 1 N–H and O–H groups in total. The van der Waals surface area contributed by atoms with Crippen LogP contribution in [0.5, 0.6) is 0 Å². The molecule has 25 heavy (non-hydrogen) atoms. The van der Waals surface area contributed by atoms with Crippen molar-refractivity contribution in [1.82, 2.24) is 15.3 Å². The van der Waals surface area contributed by atoms with E-state index < -0.39 is 5.60 Å². The Hall–Kier alpha value is -1.76. The van der Waals surface area contributed by atoms with Crippen LogP contribution >= 0.6 is 11.6 Å². The van der Waals surface area contributed by atoms with Gasteiger partial charge in [-0.25, -0.2) is 9.78 Å². The molecule has 138 valence electrons. The van der Waals surface area contributed by atoms with Gasteiger partial charge in [0.15, 0.2) is 0 Å². The number of anilines is 2. The first kappa shape index (κ1) is 18.0. The summed E-state index contributed by atoms with van der Waals surface area (Å²) in [6.07, 6.45) is 2.76. The van der Waals surface area contributed by atoms with Gasteiger partial charge in [-0.2, -0.15) is 4.98 Å². The van der Waals surface area contributed by atoms with Crippen molar-refractivity contribution in [2.45, 2.75) is 51.7 Å². The highest BCUT2D eigenvalue weighted by Crippen LogP contribution is 2.26. The lowest BCUT2D eigenvalue weighted by atomic mass is 10.1. The third kappa shape index (κ3) is 4.45. The molecule has 3 rings (SSSR count). The normalized spacial score (nSPS) is 18.2. The van der Waals surface area contributed by atoms with Crippen molar-refractivity contribution >= 4 is 29.5 Å². The van der Waals surface area contributed by atoms with Crippen LogP contribution in [0.2, 0.25) is 5.15 Å². The summed E-state index contributed by atoms with van der Waals surface area (Å²) in [5.74, 6) is 1.50. The van der Waals surface area contributed by atoms with E-state index in [1.807, 2.05) is 31.7 Å². The fourth-order valence-electron chi connectivity index (χ4n) is 2.90. The highest BCUT2D eigenvalue weighted by atomic mass is 35.5. The van der Waals surface area contributed by atoms with Gasteiger partial charge in [-0.1, -0.05) is 18.5 Å². The molecule has 1 amide bonds. The average molecular weight is 368 g/mol. The molecule has 2 fully saturated rings. The largest absolute Gasteiger partial charge is 0.444 e. The summed E-state index contributed by atoms with van der Waals surface area (Å²) in [6, 6.07) is 1.86. The number of amides is 1. The zero-order valence-corrected chi connectivity index (χ0v) is 15.8. The Morgan fingerprint density at radius 2 is 2.00 bits per heavy atom. The van der Waals surface area contributed by atoms with E-state index in [-0.39, 0.29) is 12.1 Å². The predicted octanol–water partition coefficient (Wildman–Crippen LogP) is 2.83. The third-order valence-electron chi connectivity index (χ3n) is 4.81. The maximum atomic E-state index is 11.9. The summed E-state index contributed by atoms with van der Waals surface area (Å²) in [4.78, 5) is 25.1. The number of hydrogen-bond donors (Lipinski definition) is 1. The summed E-state index contributed by atoms with van der Waals surface area (Å²) >= 11 is 6.17. The SMILES string of the molecule is CCC(C)(C)OC(=O)NC1CN(c2nc(Cl)cc(N3CCCC3)n2)C1. The van der Waals surface area contributed by atoms with Gasteiger partial charge in [0.1, 0.15) is 16.6 Å². The van der Waals surface area contributed by atoms with Crippen molar-refractivity contribution in [1.29, 1.82) is 0 Å². The van der Waals surface area contributed by atoms with Gasteiger partial charge in [0, 0.05) is 32.2 Å². The van der Waals surface area contributed by atoms with Gasteiger partial charge in [-0.05, 0) is 33.1 Å². The number of aromatic nitrogens is 2. The molecule has 2 aliphatic rings. The molecule has 0 unspecified atom stereocenters. The number of carbonyl (C=O) groups excluding carboxylic acids is 1. The van der Waals surface area contributed by atoms with Crippen LogP contribution in [-0.2, 0) is 4.74 Å². The number of carbonyl (C=O) groups is 1. The second kappa shape index (κ2) is 7.23. The lowest BCUT2D eigenvalue weighted by molar-refractivity contribution is 0.0336. The second-order valence-electron chi connectivity index (χ2n) is 7.29. The van der Waals surface area contributed by atoms with Crippen LogP contribution in [-0.4, -0.2) is 53.9 Å². The smallest absolute Gasteiger partial charge is 0.408 e. The zero-order chi connectivity index (χ0) is 18.0. The number of ether oxygens (including phenoxy) is 1. The molecule has 3 heterocycles. The first-order chi connectivity index (χ1) is 11.9. The molecule has 0 radical (unpaired) electrons. The molecular formula is C17H26ClN5O2. The van der Waals surface area contributed by atoms with E-state index >= 15 is 0 Å². The molecule has 0 atom stereocenters. The quantitative estimate of drug-likeness (QED) is 0.807. The summed E-state index contributed by atoms with van der Waals surface area (Å²) in [5.41, 5.74) is -0.450. The fraction of sp³-hybridized carbons (Fsp3) is 0.706. The Balaban J connectivity index is 1.55. The first-order valence-corrected chi connectivity index (χ1v) is 9.28. The molecule has 0 bridgehead atoms. The number of halogens is 1. The van der Waals surface area contributed by atoms with Crippen LogP contribution in [0, 0.1) is 0 Å². The predicted molar refractivity (Wildman–Crippen MR) is 98.5 cm³/mol. The molecule has 1 aromatic heterocycles. The second-order valence-corrected chi connectivity index (χ2v) is 7.68. The number of alkyl carbamates (subject to hydrolysis) is 1. The van der Waals surface area contributed by atoms with Crippen LogP contribution in [0.15, 0.2) is 6.07 Å². The number of nitrogens with one attached hydrogen (secondary N) is 1. The summed E-state index contributed by atoms with van der Waals surface area (Å²) in [5, 5.41) is 3.34. The lowest BCUT2D eigenvalue weighted by Crippen LogP contribution is -2.60. The molecule has 0 aliphatic carbocycles. The van der Waals surface area contributed by atoms with Gasteiger partial charge in [0.25, 0.3) is 0 Å². The molecule has 2 saturated heterocycles. The number of hydrogen-bond acceptors (Lipinski definition) is 6. The Morgan fingerprint density at radius 3 is 2.64 bits per heavy atom. The number of rotatable bonds is 5. The van der Waals surface area contributed by atoms with Gasteiger partial charge in [-0.3, -0.25) is 0 Å². The van der Waals surface area contributed by atoms with E-state index in [0.717, 1.165) is 25.3 Å². The van der Waals surface area contributed by atoms with Crippen molar-refractivity contribution in [3.8, 4) is 0 Å². The molecule has 0 spiro atoms. The van der Waals surface area contributed by atoms with Crippen molar-refractivity contribution in [3.63, 3.8) is 0 Å². The van der Waals surface area contributed by atoms with Crippen LogP contribution in [0.1, 0.15) is 40.0 Å². The topological polar surface area (TPSA) is 70.6 Å². The monoisotopic (exact) mass is 367 g/mol. The molecule has 2 aliphatic heterocycles. The van der Waals surface area contributed by atoms with Gasteiger partial charge in [0.2, 0.25) is 5.95 Å². The Kier molecular flexibility index (Phi) is 5.22. The van der Waals surface area contributed by atoms with Crippen molar-refractivity contribution in [2.24, 2.45) is 0 Å². The fourth-order valence-corrected chi connectivity index (χ4v) is 3.07. The standard InChI is InChI=1S/C17H26ClN5O2/c1-4-17(2,3)25-16(24)19-12-10-23(11-12)15-20-13(18)9-14(21-15)22-7-5-6-8-22/h9,12H,4-8,10-11H2,1-3H3,(H,19,24). The lowest BCUT2D eigenvalue weighted by Gasteiger charge is -2.40. The maximum Gasteiger partial charge on any atom is 0.408 e. The van der Waals surface area contributed by atoms with Crippen molar-refractivity contribution in [2.75, 3.05) is 36.0 Å². The highest BCUT2D eigenvalue weighted by Gasteiger charge is 2.32. The maximum absolute atomic E-state index is 11.9. The summed E-state index contributed by atoms with van der Waals surface area (Å²) < 4.78 is 5.41. The van der Waals surface area contributed by atoms with E-state index in [9.17, 15) is 4.79 Å². The summed E-state index contributed by atoms with van der Waals surface area (Å²) in [7, 11) is 0. The van der Waals surface area contributed by atoms with Crippen LogP contribution in [0.3, 0.4) is 0 Å². The molecule has 7 nitrogen and oxygen atoms in total. The Morgan fingerprint density at radius 1 is 1.32 bits per heavy atom. The van der Waals surface area contributed by atoms with Crippen molar-refractivity contribution < 1.29 is 9.53 Å². The summed E-state index contributed by atoms with van der Waals surface area (Å²) in [6.45, 7) is 9.13. The van der Waals surface area contributed by atoms with E-state index in [2.05, 4.69) is 20.2 Å². The van der Waals surface area contributed by atoms with Gasteiger partial charge < -0.3 is 19.9 Å². The zero-order valence-electron chi connectivity index (χ0n) is 15.1. The third-order valence-corrected chi connectivity index (χ3v) is 5.00. The van der Waals surface area contributed by atoms with Gasteiger partial charge >= 0.3 is 6.09 Å². The van der Waals surface area contributed by atoms with E-state index in [1.165, 1.54) is 12.8 Å². The van der Waals surface area contributed by atoms with Gasteiger partial charge in [0.05, 0.1) is 6.04 Å². The molecule has 1 aromatic rings. The molecule has 0 aromatic carbocycles. The van der Waals surface area contributed by atoms with Crippen LogP contribution < -0.4 is 15.1 Å². The Bertz CT molecular complexity index is 627. The number of nitrogens with zero attached hydrogens (tertiary/aromatic N) is 4. The minimum Gasteiger partial charge on any atom is -0.444 e. The molecular weight excluding hydrogens is 342 g/mol. The van der Waals surface area contributed by atoms with Crippen LogP contribution in [0.4, 0.5) is 16.6 Å². The molecule has 0 saturated carbocycles. The Labute approximate surface area is 153 Å². The van der Waals surface area contributed by atoms with Crippen LogP contribution in [0.25, 0.3) is 0 Å². The minimum atomic E-state index is -0.450. The highest BCUT2D eigenvalue weighted by molar-refractivity contribution is 6.29. The first-order valence-electron chi connectivity index (χ1n) is 8.90. The van der Waals surface area contributed by atoms with Crippen molar-refractivity contribution in [3.05, 3.63) is 11.2 Å². The van der Waals surface area contributed by atoms with E-state index in [0.29, 0.717) is 24.2 Å². The van der Waals surface area contributed by atoms with E-state index in [4.69, 9.17) is 16.3 Å².